The molecule has 6 N–H and O–H groups in total. The fourth-order valence-electron chi connectivity index (χ4n) is 5.66. The Balaban J connectivity index is 1.68. The molecule has 6 atom stereocenters. The zero-order valence-corrected chi connectivity index (χ0v) is 21.1. The first-order valence-electron chi connectivity index (χ1n) is 12.2. The van der Waals surface area contributed by atoms with Gasteiger partial charge in [-0.25, -0.2) is 0 Å². The number of benzene rings is 2. The van der Waals surface area contributed by atoms with Crippen molar-refractivity contribution in [2.75, 3.05) is 7.11 Å². The Morgan fingerprint density at radius 2 is 1.82 bits per heavy atom. The standard InChI is InChI=1S/C27H29NO10/c1-10-22(30)14(28)7-17(37-10)38-16-9-27(35,11(2)29)8-13-19(16)26(34)21-20(24(13)32)23(31)12-5-4-6-15(36-3)18(12)25(21)33/h4-6,10,14,16-17,22,30,32,34-35H,7-9,28H2,1-3H3/t10?,14?,16-,17?,22?,27+/m0/s1. The molecule has 1 saturated heterocycles. The van der Waals surface area contributed by atoms with Gasteiger partial charge in [-0.1, -0.05) is 12.1 Å². The van der Waals surface area contributed by atoms with Crippen molar-refractivity contribution < 1.29 is 49.0 Å². The number of phenols is 2. The topological polar surface area (TPSA) is 186 Å². The molecule has 0 spiro atoms. The normalized spacial score (nSPS) is 30.3. The summed E-state index contributed by atoms with van der Waals surface area (Å²) in [4.78, 5) is 39.6. The van der Waals surface area contributed by atoms with Crippen LogP contribution in [0.5, 0.6) is 17.2 Å². The Morgan fingerprint density at radius 3 is 2.45 bits per heavy atom. The van der Waals surface area contributed by atoms with Crippen LogP contribution in [0, 0.1) is 0 Å². The minimum Gasteiger partial charge on any atom is -0.507 e. The molecule has 0 radical (unpaired) electrons. The molecule has 1 fully saturated rings. The second kappa shape index (κ2) is 9.14. The quantitative estimate of drug-likeness (QED) is 0.305. The smallest absolute Gasteiger partial charge is 0.202 e. The maximum absolute atomic E-state index is 13.6. The van der Waals surface area contributed by atoms with Gasteiger partial charge in [0.25, 0.3) is 0 Å². The van der Waals surface area contributed by atoms with Gasteiger partial charge in [-0.15, -0.1) is 0 Å². The number of aliphatic hydroxyl groups excluding tert-OH is 1. The second-order valence-electron chi connectivity index (χ2n) is 10.1. The summed E-state index contributed by atoms with van der Waals surface area (Å²) < 4.78 is 17.1. The zero-order chi connectivity index (χ0) is 27.7. The van der Waals surface area contributed by atoms with E-state index in [2.05, 4.69) is 0 Å². The lowest BCUT2D eigenvalue weighted by Gasteiger charge is -2.42. The number of hydrogen-bond donors (Lipinski definition) is 5. The predicted octanol–water partition coefficient (Wildman–Crippen LogP) is 1.03. The summed E-state index contributed by atoms with van der Waals surface area (Å²) in [5.74, 6) is -3.18. The number of methoxy groups -OCH3 is 1. The summed E-state index contributed by atoms with van der Waals surface area (Å²) in [6.07, 6.45) is -4.53. The molecule has 11 heteroatoms. The molecule has 202 valence electrons. The number of phenolic OH excluding ortho intramolecular Hbond substituents is 2. The molecular formula is C27H29NO10. The van der Waals surface area contributed by atoms with Gasteiger partial charge in [-0.05, 0) is 19.9 Å². The van der Waals surface area contributed by atoms with Crippen molar-refractivity contribution in [1.82, 2.24) is 0 Å². The van der Waals surface area contributed by atoms with Crippen molar-refractivity contribution in [2.24, 2.45) is 5.73 Å². The number of Topliss-reactive ketones (excluding diaryl/α,β-unsaturated/α-hetero) is 1. The van der Waals surface area contributed by atoms with Crippen LogP contribution in [0.2, 0.25) is 0 Å². The summed E-state index contributed by atoms with van der Waals surface area (Å²) in [6, 6.07) is 3.75. The van der Waals surface area contributed by atoms with Gasteiger partial charge >= 0.3 is 0 Å². The fourth-order valence-corrected chi connectivity index (χ4v) is 5.66. The molecule has 1 aliphatic heterocycles. The third-order valence-electron chi connectivity index (χ3n) is 7.80. The van der Waals surface area contributed by atoms with E-state index in [1.807, 2.05) is 0 Å². The Bertz CT molecular complexity index is 1360. The van der Waals surface area contributed by atoms with E-state index in [1.165, 1.54) is 32.2 Å². The van der Waals surface area contributed by atoms with E-state index in [-0.39, 0.29) is 40.8 Å². The Kier molecular flexibility index (Phi) is 6.32. The van der Waals surface area contributed by atoms with Crippen molar-refractivity contribution in [3.8, 4) is 17.2 Å². The molecule has 0 saturated carbocycles. The van der Waals surface area contributed by atoms with Gasteiger partial charge in [0.2, 0.25) is 5.78 Å². The van der Waals surface area contributed by atoms with Crippen molar-refractivity contribution in [3.05, 3.63) is 51.6 Å². The van der Waals surface area contributed by atoms with Crippen molar-refractivity contribution in [3.63, 3.8) is 0 Å². The summed E-state index contributed by atoms with van der Waals surface area (Å²) in [5, 5.41) is 44.1. The molecule has 1 heterocycles. The van der Waals surface area contributed by atoms with E-state index in [0.29, 0.717) is 0 Å². The van der Waals surface area contributed by atoms with Crippen molar-refractivity contribution in [1.29, 1.82) is 0 Å². The van der Waals surface area contributed by atoms with Crippen LogP contribution in [-0.4, -0.2) is 75.0 Å². The number of rotatable bonds is 4. The van der Waals surface area contributed by atoms with Gasteiger partial charge in [0.15, 0.2) is 17.9 Å². The summed E-state index contributed by atoms with van der Waals surface area (Å²) in [7, 11) is 1.34. The number of aromatic hydroxyl groups is 2. The van der Waals surface area contributed by atoms with Crippen LogP contribution in [-0.2, 0) is 20.7 Å². The molecule has 5 rings (SSSR count). The number of nitrogens with two attached hydrogens (primary N) is 1. The van der Waals surface area contributed by atoms with E-state index >= 15 is 0 Å². The molecule has 3 aliphatic rings. The SMILES string of the molecule is COc1cccc2c1C(=O)c1c(O)c3c(c(O)c1C2=O)C[C@](O)(C(C)=O)C[C@@H]3OC1CC(N)C(O)C(C)O1. The van der Waals surface area contributed by atoms with Gasteiger partial charge in [-0.2, -0.15) is 0 Å². The Hall–Kier alpha value is -3.35. The first-order chi connectivity index (χ1) is 17.9. The van der Waals surface area contributed by atoms with E-state index in [0.717, 1.165) is 0 Å². The molecular weight excluding hydrogens is 498 g/mol. The number of hydrogen-bond acceptors (Lipinski definition) is 11. The highest BCUT2D eigenvalue weighted by Gasteiger charge is 2.49. The number of ether oxygens (including phenoxy) is 3. The van der Waals surface area contributed by atoms with E-state index < -0.39 is 82.6 Å². The summed E-state index contributed by atoms with van der Waals surface area (Å²) in [6.45, 7) is 2.79. The molecule has 0 aromatic heterocycles. The lowest BCUT2D eigenvalue weighted by molar-refractivity contribution is -0.247. The van der Waals surface area contributed by atoms with E-state index in [4.69, 9.17) is 19.9 Å². The average Bonchev–Trinajstić information content (AvgIpc) is 2.87. The van der Waals surface area contributed by atoms with Gasteiger partial charge < -0.3 is 40.4 Å². The summed E-state index contributed by atoms with van der Waals surface area (Å²) >= 11 is 0. The predicted molar refractivity (Wildman–Crippen MR) is 130 cm³/mol. The first-order valence-corrected chi connectivity index (χ1v) is 12.2. The van der Waals surface area contributed by atoms with Crippen molar-refractivity contribution >= 4 is 17.3 Å². The van der Waals surface area contributed by atoms with E-state index in [1.54, 1.807) is 6.92 Å². The number of aliphatic hydroxyl groups is 2. The monoisotopic (exact) mass is 527 g/mol. The van der Waals surface area contributed by atoms with Crippen LogP contribution in [0.3, 0.4) is 0 Å². The third kappa shape index (κ3) is 3.81. The number of fused-ring (bicyclic) bond motifs is 3. The highest BCUT2D eigenvalue weighted by molar-refractivity contribution is 6.31. The molecule has 11 nitrogen and oxygen atoms in total. The number of ketones is 3. The highest BCUT2D eigenvalue weighted by atomic mass is 16.7. The Labute approximate surface area is 217 Å². The minimum absolute atomic E-state index is 0.0147. The lowest BCUT2D eigenvalue weighted by Crippen LogP contribution is -2.52. The number of carbonyl (C=O) groups is 3. The van der Waals surface area contributed by atoms with Gasteiger partial charge in [0.05, 0.1) is 42.1 Å². The Morgan fingerprint density at radius 1 is 1.13 bits per heavy atom. The molecule has 4 unspecified atom stereocenters. The van der Waals surface area contributed by atoms with Crippen LogP contribution in [0.25, 0.3) is 0 Å². The van der Waals surface area contributed by atoms with Gasteiger partial charge in [0, 0.05) is 42.0 Å². The molecule has 0 bridgehead atoms. The second-order valence-corrected chi connectivity index (χ2v) is 10.1. The summed E-state index contributed by atoms with van der Waals surface area (Å²) in [5.41, 5.74) is 2.97. The van der Waals surface area contributed by atoms with Crippen LogP contribution in [0.15, 0.2) is 18.2 Å². The minimum atomic E-state index is -2.00. The van der Waals surface area contributed by atoms with E-state index in [9.17, 15) is 34.8 Å². The largest absolute Gasteiger partial charge is 0.507 e. The van der Waals surface area contributed by atoms with Crippen LogP contribution in [0.1, 0.15) is 75.8 Å². The molecule has 2 aromatic carbocycles. The third-order valence-corrected chi connectivity index (χ3v) is 7.80. The maximum Gasteiger partial charge on any atom is 0.202 e. The van der Waals surface area contributed by atoms with Crippen molar-refractivity contribution in [2.45, 2.75) is 69.4 Å². The molecule has 0 amide bonds. The maximum atomic E-state index is 13.6. The van der Waals surface area contributed by atoms with Gasteiger partial charge in [-0.3, -0.25) is 14.4 Å². The molecule has 2 aromatic rings. The van der Waals surface area contributed by atoms with Gasteiger partial charge in [0.1, 0.15) is 22.8 Å². The van der Waals surface area contributed by atoms with Crippen LogP contribution in [0.4, 0.5) is 0 Å². The molecule has 2 aliphatic carbocycles. The molecule has 38 heavy (non-hydrogen) atoms. The lowest BCUT2D eigenvalue weighted by atomic mass is 9.72. The van der Waals surface area contributed by atoms with Crippen LogP contribution < -0.4 is 10.5 Å². The fraction of sp³-hybridized carbons (Fsp3) is 0.444. The average molecular weight is 528 g/mol. The first kappa shape index (κ1) is 26.3. The zero-order valence-electron chi connectivity index (χ0n) is 21.1. The van der Waals surface area contributed by atoms with Crippen LogP contribution >= 0.6 is 0 Å². The highest BCUT2D eigenvalue weighted by Crippen LogP contribution is 2.52. The number of carbonyl (C=O) groups excluding carboxylic acids is 3.